The quantitative estimate of drug-likeness (QED) is 0.486. The highest BCUT2D eigenvalue weighted by Crippen LogP contribution is 2.44. The van der Waals surface area contributed by atoms with E-state index in [0.717, 1.165) is 0 Å². The molecule has 2 N–H and O–H groups in total. The Morgan fingerprint density at radius 2 is 2.06 bits per heavy atom. The number of sulfonamides is 1. The van der Waals surface area contributed by atoms with E-state index in [1.54, 1.807) is 6.08 Å². The highest BCUT2D eigenvalue weighted by molar-refractivity contribution is 7.90. The van der Waals surface area contributed by atoms with Gasteiger partial charge in [-0.2, -0.15) is 0 Å². The molecule has 0 radical (unpaired) electrons. The van der Waals surface area contributed by atoms with Crippen molar-refractivity contribution in [3.63, 3.8) is 0 Å². The number of amides is 2. The van der Waals surface area contributed by atoms with E-state index in [9.17, 15) is 18.0 Å². The first-order valence-electron chi connectivity index (χ1n) is 5.36. The zero-order valence-corrected chi connectivity index (χ0v) is 10.00. The van der Waals surface area contributed by atoms with E-state index in [0.29, 0.717) is 25.7 Å². The van der Waals surface area contributed by atoms with Gasteiger partial charge in [0.25, 0.3) is 5.91 Å². The summed E-state index contributed by atoms with van der Waals surface area (Å²) < 4.78 is 25.2. The Morgan fingerprint density at radius 3 is 2.47 bits per heavy atom. The summed E-state index contributed by atoms with van der Waals surface area (Å²) in [6.45, 7) is 3.54. The maximum absolute atomic E-state index is 11.9. The van der Waals surface area contributed by atoms with Crippen LogP contribution in [0.2, 0.25) is 0 Å². The lowest BCUT2D eigenvalue weighted by atomic mass is 10.2. The van der Waals surface area contributed by atoms with E-state index in [1.165, 1.54) is 0 Å². The summed E-state index contributed by atoms with van der Waals surface area (Å²) in [5, 5.41) is 1.93. The number of nitrogens with one attached hydrogen (secondary N) is 2. The first kappa shape index (κ1) is 12.1. The van der Waals surface area contributed by atoms with Crippen molar-refractivity contribution in [2.75, 3.05) is 0 Å². The number of carbonyl (C=O) groups is 2. The normalized spacial score (nSPS) is 31.4. The molecule has 17 heavy (non-hydrogen) atoms. The molecule has 2 fully saturated rings. The zero-order valence-electron chi connectivity index (χ0n) is 9.18. The smallest absolute Gasteiger partial charge is 0.259 e. The van der Waals surface area contributed by atoms with Crippen molar-refractivity contribution in [1.82, 2.24) is 10.0 Å². The van der Waals surface area contributed by atoms with Crippen LogP contribution in [-0.4, -0.2) is 31.5 Å². The van der Waals surface area contributed by atoms with E-state index >= 15 is 0 Å². The van der Waals surface area contributed by atoms with Crippen molar-refractivity contribution >= 4 is 22.3 Å². The summed E-state index contributed by atoms with van der Waals surface area (Å²) in [6, 6.07) is 0. The lowest BCUT2D eigenvalue weighted by molar-refractivity contribution is -0.125. The van der Waals surface area contributed by atoms with E-state index in [1.807, 2.05) is 4.72 Å². The number of hydrogen-bond donors (Lipinski definition) is 2. The molecule has 0 aromatic carbocycles. The van der Waals surface area contributed by atoms with Gasteiger partial charge >= 0.3 is 0 Å². The highest BCUT2D eigenvalue weighted by Gasteiger charge is 2.59. The minimum absolute atomic E-state index is 0.206. The van der Waals surface area contributed by atoms with Crippen LogP contribution in [0.5, 0.6) is 0 Å². The maximum Gasteiger partial charge on any atom is 0.259 e. The standard InChI is InChI=1S/C10H14N2O4S/c1-2-7-5-10(7,11-6-13)9(14)12-17(15,16)8-3-4-8/h2,6-8H,1,3-5H2,(H,11,13)(H,12,14)/t7-,10-/m1/s1. The van der Waals surface area contributed by atoms with Crippen LogP contribution in [0.1, 0.15) is 19.3 Å². The SMILES string of the molecule is C=C[C@@H]1C[C@]1(NC=O)C(=O)NS(=O)(=O)C1CC1. The van der Waals surface area contributed by atoms with Gasteiger partial charge in [-0.05, 0) is 19.3 Å². The first-order chi connectivity index (χ1) is 7.96. The Labute approximate surface area is 99.5 Å². The van der Waals surface area contributed by atoms with Crippen molar-refractivity contribution in [1.29, 1.82) is 0 Å². The zero-order chi connectivity index (χ0) is 12.7. The molecule has 0 unspecified atom stereocenters. The molecule has 0 saturated heterocycles. The second-order valence-electron chi connectivity index (χ2n) is 4.46. The minimum atomic E-state index is -3.57. The summed E-state index contributed by atoms with van der Waals surface area (Å²) in [5.41, 5.74) is -1.12. The van der Waals surface area contributed by atoms with Gasteiger partial charge in [0.1, 0.15) is 5.54 Å². The Balaban J connectivity index is 2.08. The predicted molar refractivity (Wildman–Crippen MR) is 60.3 cm³/mol. The molecule has 2 aliphatic carbocycles. The molecule has 6 nitrogen and oxygen atoms in total. The summed E-state index contributed by atoms with van der Waals surface area (Å²) in [7, 11) is -3.57. The van der Waals surface area contributed by atoms with Crippen LogP contribution in [0, 0.1) is 5.92 Å². The van der Waals surface area contributed by atoms with Gasteiger partial charge in [0.2, 0.25) is 16.4 Å². The van der Waals surface area contributed by atoms with Crippen LogP contribution >= 0.6 is 0 Å². The molecule has 0 aliphatic heterocycles. The lowest BCUT2D eigenvalue weighted by Crippen LogP contribution is -2.50. The van der Waals surface area contributed by atoms with Gasteiger partial charge in [-0.25, -0.2) is 8.42 Å². The highest BCUT2D eigenvalue weighted by atomic mass is 32.2. The summed E-state index contributed by atoms with van der Waals surface area (Å²) in [6.07, 6.45) is 3.51. The fourth-order valence-electron chi connectivity index (χ4n) is 1.85. The van der Waals surface area contributed by atoms with Crippen molar-refractivity contribution in [2.45, 2.75) is 30.1 Å². The van der Waals surface area contributed by atoms with E-state index < -0.39 is 26.7 Å². The van der Waals surface area contributed by atoms with Crippen LogP contribution in [0.15, 0.2) is 12.7 Å². The molecule has 2 rings (SSSR count). The summed E-state index contributed by atoms with van der Waals surface area (Å²) in [4.78, 5) is 22.3. The predicted octanol–water partition coefficient (Wildman–Crippen LogP) is -0.714. The summed E-state index contributed by atoms with van der Waals surface area (Å²) in [5.74, 6) is -0.872. The second-order valence-corrected chi connectivity index (χ2v) is 6.42. The Morgan fingerprint density at radius 1 is 1.41 bits per heavy atom. The fraction of sp³-hybridized carbons (Fsp3) is 0.600. The fourth-order valence-corrected chi connectivity index (χ4v) is 3.22. The third kappa shape index (κ3) is 2.06. The molecule has 0 heterocycles. The Bertz CT molecular complexity index is 469. The molecule has 2 saturated carbocycles. The molecule has 2 amide bonds. The van der Waals surface area contributed by atoms with Crippen molar-refractivity contribution in [2.24, 2.45) is 5.92 Å². The molecular weight excluding hydrogens is 244 g/mol. The molecule has 2 atom stereocenters. The van der Waals surface area contributed by atoms with Crippen LogP contribution < -0.4 is 10.0 Å². The summed E-state index contributed by atoms with van der Waals surface area (Å²) >= 11 is 0. The van der Waals surface area contributed by atoms with Gasteiger partial charge in [0.15, 0.2) is 0 Å². The van der Waals surface area contributed by atoms with Gasteiger partial charge in [-0.15, -0.1) is 6.58 Å². The van der Waals surface area contributed by atoms with Crippen molar-refractivity contribution in [3.05, 3.63) is 12.7 Å². The minimum Gasteiger partial charge on any atom is -0.344 e. The van der Waals surface area contributed by atoms with Crippen LogP contribution in [0.4, 0.5) is 0 Å². The monoisotopic (exact) mass is 258 g/mol. The second kappa shape index (κ2) is 3.83. The molecule has 0 aromatic heterocycles. The lowest BCUT2D eigenvalue weighted by Gasteiger charge is -2.15. The van der Waals surface area contributed by atoms with Gasteiger partial charge in [0.05, 0.1) is 5.25 Å². The molecule has 0 spiro atoms. The van der Waals surface area contributed by atoms with E-state index in [4.69, 9.17) is 0 Å². The number of rotatable bonds is 6. The average molecular weight is 258 g/mol. The molecular formula is C10H14N2O4S. The van der Waals surface area contributed by atoms with Gasteiger partial charge in [-0.1, -0.05) is 6.08 Å². The molecule has 2 aliphatic rings. The van der Waals surface area contributed by atoms with Gasteiger partial charge in [-0.3, -0.25) is 14.3 Å². The average Bonchev–Trinajstić information content (AvgIpc) is 3.12. The number of carbonyl (C=O) groups excluding carboxylic acids is 2. The van der Waals surface area contributed by atoms with Crippen molar-refractivity contribution in [3.8, 4) is 0 Å². The van der Waals surface area contributed by atoms with Crippen LogP contribution in [-0.2, 0) is 19.6 Å². The van der Waals surface area contributed by atoms with Crippen LogP contribution in [0.3, 0.4) is 0 Å². The Kier molecular flexibility index (Phi) is 2.73. The third-order valence-electron chi connectivity index (χ3n) is 3.22. The van der Waals surface area contributed by atoms with Gasteiger partial charge < -0.3 is 5.32 Å². The Hall–Kier alpha value is -1.37. The molecule has 7 heteroatoms. The van der Waals surface area contributed by atoms with Gasteiger partial charge in [0, 0.05) is 5.92 Å². The van der Waals surface area contributed by atoms with Crippen LogP contribution in [0.25, 0.3) is 0 Å². The third-order valence-corrected chi connectivity index (χ3v) is 5.04. The maximum atomic E-state index is 11.9. The van der Waals surface area contributed by atoms with E-state index in [-0.39, 0.29) is 5.92 Å². The molecule has 94 valence electrons. The molecule has 0 aromatic rings. The first-order valence-corrected chi connectivity index (χ1v) is 6.91. The molecule has 0 bridgehead atoms. The van der Waals surface area contributed by atoms with Crippen molar-refractivity contribution < 1.29 is 18.0 Å². The van der Waals surface area contributed by atoms with E-state index in [2.05, 4.69) is 11.9 Å². The largest absolute Gasteiger partial charge is 0.344 e. The number of hydrogen-bond acceptors (Lipinski definition) is 4. The topological polar surface area (TPSA) is 92.3 Å².